The highest BCUT2D eigenvalue weighted by Crippen LogP contribution is 2.36. The van der Waals surface area contributed by atoms with Gasteiger partial charge in [0.25, 0.3) is 0 Å². The van der Waals surface area contributed by atoms with E-state index in [1.54, 1.807) is 12.1 Å². The van der Waals surface area contributed by atoms with E-state index in [9.17, 15) is 8.78 Å². The van der Waals surface area contributed by atoms with E-state index in [4.69, 9.17) is 0 Å². The first-order chi connectivity index (χ1) is 9.19. The second-order valence-corrected chi connectivity index (χ2v) is 5.08. The minimum absolute atomic E-state index is 0.219. The molecule has 0 spiro atoms. The highest BCUT2D eigenvalue weighted by atomic mass is 19.3. The number of hydrogen-bond donors (Lipinski definition) is 1. The Hall–Kier alpha value is -1.16. The van der Waals surface area contributed by atoms with E-state index in [-0.39, 0.29) is 5.75 Å². The minimum atomic E-state index is -2.76. The molecule has 4 heteroatoms. The molecule has 2 nitrogen and oxygen atoms in total. The Morgan fingerprint density at radius 2 is 1.95 bits per heavy atom. The molecule has 0 aliphatic heterocycles. The minimum Gasteiger partial charge on any atom is -0.435 e. The molecular formula is C15H21F2NO. The SMILES string of the molecule is CCNC(CCC1CC1)c1ccc(OC(F)F)cc1. The molecule has 1 aromatic carbocycles. The van der Waals surface area contributed by atoms with E-state index in [1.165, 1.54) is 19.3 Å². The fourth-order valence-electron chi connectivity index (χ4n) is 2.32. The van der Waals surface area contributed by atoms with Crippen LogP contribution in [0.3, 0.4) is 0 Å². The van der Waals surface area contributed by atoms with Crippen LogP contribution >= 0.6 is 0 Å². The van der Waals surface area contributed by atoms with Crippen LogP contribution in [0, 0.1) is 5.92 Å². The summed E-state index contributed by atoms with van der Waals surface area (Å²) in [4.78, 5) is 0. The average Bonchev–Trinajstić information content (AvgIpc) is 3.19. The zero-order valence-electron chi connectivity index (χ0n) is 11.2. The van der Waals surface area contributed by atoms with Gasteiger partial charge in [-0.15, -0.1) is 0 Å². The fraction of sp³-hybridized carbons (Fsp3) is 0.600. The molecule has 0 radical (unpaired) electrons. The van der Waals surface area contributed by atoms with Gasteiger partial charge >= 0.3 is 6.61 Å². The second-order valence-electron chi connectivity index (χ2n) is 5.08. The molecule has 0 amide bonds. The molecule has 1 unspecified atom stereocenters. The molecule has 1 aliphatic carbocycles. The highest BCUT2D eigenvalue weighted by molar-refractivity contribution is 5.29. The predicted octanol–water partition coefficient (Wildman–Crippen LogP) is 4.13. The van der Waals surface area contributed by atoms with Crippen molar-refractivity contribution in [2.24, 2.45) is 5.92 Å². The first-order valence-corrected chi connectivity index (χ1v) is 6.97. The molecule has 1 aliphatic rings. The van der Waals surface area contributed by atoms with E-state index in [1.807, 2.05) is 12.1 Å². The van der Waals surface area contributed by atoms with Gasteiger partial charge in [-0.05, 0) is 43.0 Å². The van der Waals surface area contributed by atoms with E-state index in [0.717, 1.165) is 24.4 Å². The Morgan fingerprint density at radius 3 is 2.47 bits per heavy atom. The van der Waals surface area contributed by atoms with Crippen LogP contribution < -0.4 is 10.1 Å². The Balaban J connectivity index is 1.94. The van der Waals surface area contributed by atoms with Crippen molar-refractivity contribution in [3.63, 3.8) is 0 Å². The maximum atomic E-state index is 12.1. The van der Waals surface area contributed by atoms with Gasteiger partial charge in [0.2, 0.25) is 0 Å². The zero-order valence-corrected chi connectivity index (χ0v) is 11.2. The summed E-state index contributed by atoms with van der Waals surface area (Å²) in [5.41, 5.74) is 1.14. The topological polar surface area (TPSA) is 21.3 Å². The van der Waals surface area contributed by atoms with Crippen LogP contribution in [0.25, 0.3) is 0 Å². The number of rotatable bonds is 8. The van der Waals surface area contributed by atoms with Crippen LogP contribution in [0.15, 0.2) is 24.3 Å². The molecule has 1 atom stereocenters. The quantitative estimate of drug-likeness (QED) is 0.766. The summed E-state index contributed by atoms with van der Waals surface area (Å²) in [7, 11) is 0. The lowest BCUT2D eigenvalue weighted by Crippen LogP contribution is -2.21. The van der Waals surface area contributed by atoms with Crippen LogP contribution in [0.4, 0.5) is 8.78 Å². The molecule has 0 bridgehead atoms. The third-order valence-electron chi connectivity index (χ3n) is 3.52. The van der Waals surface area contributed by atoms with Gasteiger partial charge in [-0.25, -0.2) is 0 Å². The molecule has 106 valence electrons. The number of benzene rings is 1. The largest absolute Gasteiger partial charge is 0.435 e. The van der Waals surface area contributed by atoms with Gasteiger partial charge in [0.15, 0.2) is 0 Å². The average molecular weight is 269 g/mol. The normalized spacial score (nSPS) is 16.6. The summed E-state index contributed by atoms with van der Waals surface area (Å²) >= 11 is 0. The van der Waals surface area contributed by atoms with E-state index in [2.05, 4.69) is 17.0 Å². The van der Waals surface area contributed by atoms with Crippen molar-refractivity contribution in [1.82, 2.24) is 5.32 Å². The van der Waals surface area contributed by atoms with E-state index < -0.39 is 6.61 Å². The molecule has 1 fully saturated rings. The summed E-state index contributed by atoms with van der Waals surface area (Å²) < 4.78 is 28.5. The number of ether oxygens (including phenoxy) is 1. The van der Waals surface area contributed by atoms with Crippen molar-refractivity contribution < 1.29 is 13.5 Å². The van der Waals surface area contributed by atoms with Gasteiger partial charge in [0.1, 0.15) is 5.75 Å². The van der Waals surface area contributed by atoms with Crippen LogP contribution in [-0.4, -0.2) is 13.2 Å². The molecule has 1 aromatic rings. The van der Waals surface area contributed by atoms with Gasteiger partial charge in [-0.3, -0.25) is 0 Å². The molecule has 2 rings (SSSR count). The first-order valence-electron chi connectivity index (χ1n) is 6.97. The summed E-state index contributed by atoms with van der Waals surface area (Å²) in [6.45, 7) is 0.230. The second kappa shape index (κ2) is 6.85. The van der Waals surface area contributed by atoms with Crippen molar-refractivity contribution in [3.05, 3.63) is 29.8 Å². The Labute approximate surface area is 113 Å². The maximum absolute atomic E-state index is 12.1. The summed E-state index contributed by atoms with van der Waals surface area (Å²) in [5, 5.41) is 3.45. The van der Waals surface area contributed by atoms with Gasteiger partial charge in [0, 0.05) is 6.04 Å². The van der Waals surface area contributed by atoms with Crippen LogP contribution in [-0.2, 0) is 0 Å². The summed E-state index contributed by atoms with van der Waals surface area (Å²) in [5.74, 6) is 1.12. The third kappa shape index (κ3) is 4.78. The summed E-state index contributed by atoms with van der Waals surface area (Å²) in [6, 6.07) is 7.29. The van der Waals surface area contributed by atoms with Crippen molar-refractivity contribution in [1.29, 1.82) is 0 Å². The lowest BCUT2D eigenvalue weighted by Gasteiger charge is -2.18. The first kappa shape index (κ1) is 14.3. The predicted molar refractivity (Wildman–Crippen MR) is 71.4 cm³/mol. The number of alkyl halides is 2. The molecular weight excluding hydrogens is 248 g/mol. The highest BCUT2D eigenvalue weighted by Gasteiger charge is 2.22. The fourth-order valence-corrected chi connectivity index (χ4v) is 2.32. The van der Waals surface area contributed by atoms with Crippen molar-refractivity contribution in [2.45, 2.75) is 45.3 Å². The van der Waals surface area contributed by atoms with Gasteiger partial charge in [-0.2, -0.15) is 8.78 Å². The van der Waals surface area contributed by atoms with Gasteiger partial charge in [0.05, 0.1) is 0 Å². The number of nitrogens with one attached hydrogen (secondary N) is 1. The maximum Gasteiger partial charge on any atom is 0.387 e. The Kier molecular flexibility index (Phi) is 5.14. The molecule has 19 heavy (non-hydrogen) atoms. The Bertz CT molecular complexity index is 376. The zero-order chi connectivity index (χ0) is 13.7. The number of halogens is 2. The standard InChI is InChI=1S/C15H21F2NO/c1-2-18-14(10-5-11-3-4-11)12-6-8-13(9-7-12)19-15(16)17/h6-9,11,14-15,18H,2-5,10H2,1H3. The molecule has 0 aromatic heterocycles. The van der Waals surface area contributed by atoms with Crippen LogP contribution in [0.5, 0.6) is 5.75 Å². The molecule has 1 saturated carbocycles. The van der Waals surface area contributed by atoms with Crippen molar-refractivity contribution in [3.8, 4) is 5.75 Å². The lowest BCUT2D eigenvalue weighted by molar-refractivity contribution is -0.0498. The van der Waals surface area contributed by atoms with Crippen LogP contribution in [0.1, 0.15) is 44.2 Å². The number of hydrogen-bond acceptors (Lipinski definition) is 2. The van der Waals surface area contributed by atoms with Crippen molar-refractivity contribution in [2.75, 3.05) is 6.54 Å². The van der Waals surface area contributed by atoms with E-state index >= 15 is 0 Å². The van der Waals surface area contributed by atoms with Crippen LogP contribution in [0.2, 0.25) is 0 Å². The van der Waals surface area contributed by atoms with Gasteiger partial charge < -0.3 is 10.1 Å². The molecule has 0 heterocycles. The molecule has 1 N–H and O–H groups in total. The monoisotopic (exact) mass is 269 g/mol. The summed E-state index contributed by atoms with van der Waals surface area (Å²) in [6.07, 6.45) is 5.07. The smallest absolute Gasteiger partial charge is 0.387 e. The Morgan fingerprint density at radius 1 is 1.26 bits per heavy atom. The third-order valence-corrected chi connectivity index (χ3v) is 3.52. The lowest BCUT2D eigenvalue weighted by atomic mass is 10.0. The molecule has 0 saturated heterocycles. The van der Waals surface area contributed by atoms with Crippen molar-refractivity contribution >= 4 is 0 Å². The van der Waals surface area contributed by atoms with E-state index in [0.29, 0.717) is 6.04 Å². The van der Waals surface area contributed by atoms with Gasteiger partial charge in [-0.1, -0.05) is 31.9 Å².